The second-order valence-corrected chi connectivity index (χ2v) is 5.09. The second kappa shape index (κ2) is 7.37. The molecule has 1 atom stereocenters. The third kappa shape index (κ3) is 4.41. The summed E-state index contributed by atoms with van der Waals surface area (Å²) in [4.78, 5) is 11.6. The van der Waals surface area contributed by atoms with Gasteiger partial charge in [-0.3, -0.25) is 0 Å². The fraction of sp³-hybridized carbons (Fsp3) is 0.357. The topological polar surface area (TPSA) is 44.8 Å². The van der Waals surface area contributed by atoms with Crippen molar-refractivity contribution in [2.24, 2.45) is 0 Å². The normalized spacial score (nSPS) is 11.6. The summed E-state index contributed by atoms with van der Waals surface area (Å²) in [6.45, 7) is 7.44. The highest BCUT2D eigenvalue weighted by Gasteiger charge is 2.17. The van der Waals surface area contributed by atoms with E-state index >= 15 is 0 Å². The van der Waals surface area contributed by atoms with Gasteiger partial charge in [0.05, 0.1) is 10.7 Å². The molecule has 0 spiro atoms. The molecule has 0 aliphatic carbocycles. The van der Waals surface area contributed by atoms with E-state index in [4.69, 9.17) is 14.2 Å². The molecule has 4 nitrogen and oxygen atoms in total. The smallest absolute Gasteiger partial charge is 0.493 e. The van der Waals surface area contributed by atoms with E-state index < -0.39 is 6.16 Å². The van der Waals surface area contributed by atoms with Crippen molar-refractivity contribution in [1.29, 1.82) is 0 Å². The molecule has 0 aliphatic rings. The van der Waals surface area contributed by atoms with Gasteiger partial charge in [-0.15, -0.1) is 0 Å². The molecule has 0 bridgehead atoms. The average molecular weight is 376 g/mol. The van der Waals surface area contributed by atoms with Crippen LogP contribution in [0.15, 0.2) is 18.7 Å². The van der Waals surface area contributed by atoms with Crippen molar-refractivity contribution in [1.82, 2.24) is 0 Å². The highest BCUT2D eigenvalue weighted by atomic mass is 127. The Morgan fingerprint density at radius 2 is 2.21 bits per heavy atom. The lowest BCUT2D eigenvalue weighted by Gasteiger charge is -2.14. The molecule has 5 heteroatoms. The third-order valence-electron chi connectivity index (χ3n) is 2.55. The van der Waals surface area contributed by atoms with Crippen molar-refractivity contribution < 1.29 is 19.0 Å². The lowest BCUT2D eigenvalue weighted by Crippen LogP contribution is -2.18. The summed E-state index contributed by atoms with van der Waals surface area (Å²) >= 11 is 2.07. The molecule has 19 heavy (non-hydrogen) atoms. The Morgan fingerprint density at radius 3 is 2.74 bits per heavy atom. The van der Waals surface area contributed by atoms with Crippen LogP contribution in [-0.2, 0) is 4.74 Å². The minimum Gasteiger partial charge on any atom is -0.493 e. The van der Waals surface area contributed by atoms with Crippen LogP contribution in [0, 0.1) is 3.57 Å². The first kappa shape index (κ1) is 15.8. The molecule has 0 saturated heterocycles. The first-order valence-corrected chi connectivity index (χ1v) is 6.98. The number of hydrogen-bond acceptors (Lipinski definition) is 4. The van der Waals surface area contributed by atoms with Crippen LogP contribution in [0.5, 0.6) is 11.5 Å². The number of carbonyl (C=O) groups excluding carboxylic acids is 1. The largest absolute Gasteiger partial charge is 0.514 e. The summed E-state index contributed by atoms with van der Waals surface area (Å²) in [5.41, 5.74) is 0.892. The zero-order valence-electron chi connectivity index (χ0n) is 11.2. The van der Waals surface area contributed by atoms with Gasteiger partial charge in [-0.25, -0.2) is 4.79 Å². The Kier molecular flexibility index (Phi) is 6.14. The first-order valence-electron chi connectivity index (χ1n) is 5.90. The summed E-state index contributed by atoms with van der Waals surface area (Å²) in [5.74, 6) is 0.838. The van der Waals surface area contributed by atoms with E-state index in [1.807, 2.05) is 19.9 Å². The van der Waals surface area contributed by atoms with Crippen LogP contribution < -0.4 is 9.47 Å². The maximum absolute atomic E-state index is 11.6. The molecule has 0 fully saturated rings. The number of halogens is 1. The van der Waals surface area contributed by atoms with Gasteiger partial charge >= 0.3 is 6.16 Å². The fourth-order valence-corrected chi connectivity index (χ4v) is 2.05. The minimum absolute atomic E-state index is 0.177. The maximum Gasteiger partial charge on any atom is 0.514 e. The average Bonchev–Trinajstić information content (AvgIpc) is 2.40. The summed E-state index contributed by atoms with van der Waals surface area (Å²) < 4.78 is 16.3. The van der Waals surface area contributed by atoms with Gasteiger partial charge in [-0.05, 0) is 53.6 Å². The number of methoxy groups -OCH3 is 1. The fourth-order valence-electron chi connectivity index (χ4n) is 1.31. The summed E-state index contributed by atoms with van der Waals surface area (Å²) in [7, 11) is 1.52. The molecule has 1 unspecified atom stereocenters. The van der Waals surface area contributed by atoms with Gasteiger partial charge in [0.1, 0.15) is 6.10 Å². The highest BCUT2D eigenvalue weighted by molar-refractivity contribution is 14.1. The van der Waals surface area contributed by atoms with Crippen LogP contribution in [-0.4, -0.2) is 19.4 Å². The van der Waals surface area contributed by atoms with Crippen molar-refractivity contribution in [2.45, 2.75) is 26.4 Å². The summed E-state index contributed by atoms with van der Waals surface area (Å²) in [5, 5.41) is 0. The van der Waals surface area contributed by atoms with E-state index in [2.05, 4.69) is 29.2 Å². The van der Waals surface area contributed by atoms with E-state index in [0.29, 0.717) is 11.5 Å². The molecule has 0 radical (unpaired) electrons. The van der Waals surface area contributed by atoms with Crippen LogP contribution in [0.3, 0.4) is 0 Å². The lowest BCUT2D eigenvalue weighted by atomic mass is 10.2. The third-order valence-corrected chi connectivity index (χ3v) is 3.35. The van der Waals surface area contributed by atoms with Gasteiger partial charge in [0.15, 0.2) is 11.5 Å². The van der Waals surface area contributed by atoms with E-state index in [1.54, 1.807) is 12.1 Å². The SMILES string of the molecule is C=Cc1cc(I)c(OC(=O)OC(C)CC)c(OC)c1. The van der Waals surface area contributed by atoms with E-state index in [9.17, 15) is 4.79 Å². The Balaban J connectivity index is 2.94. The van der Waals surface area contributed by atoms with Gasteiger partial charge in [0.2, 0.25) is 0 Å². The Bertz CT molecular complexity index is 471. The molecule has 0 amide bonds. The predicted molar refractivity (Wildman–Crippen MR) is 82.7 cm³/mol. The molecule has 0 N–H and O–H groups in total. The van der Waals surface area contributed by atoms with Crippen molar-refractivity contribution in [3.63, 3.8) is 0 Å². The number of ether oxygens (including phenoxy) is 3. The maximum atomic E-state index is 11.6. The van der Waals surface area contributed by atoms with E-state index in [0.717, 1.165) is 15.6 Å². The number of carbonyl (C=O) groups is 1. The van der Waals surface area contributed by atoms with Gasteiger partial charge in [-0.2, -0.15) is 0 Å². The summed E-state index contributed by atoms with van der Waals surface area (Å²) in [6.07, 6.45) is 1.53. The van der Waals surface area contributed by atoms with E-state index in [1.165, 1.54) is 7.11 Å². The van der Waals surface area contributed by atoms with Gasteiger partial charge in [0.25, 0.3) is 0 Å². The molecule has 1 rings (SSSR count). The molecule has 0 aromatic heterocycles. The monoisotopic (exact) mass is 376 g/mol. The van der Waals surface area contributed by atoms with Crippen molar-refractivity contribution in [3.8, 4) is 11.5 Å². The molecular formula is C14H17IO4. The second-order valence-electron chi connectivity index (χ2n) is 3.93. The molecule has 0 saturated carbocycles. The first-order chi connectivity index (χ1) is 9.01. The van der Waals surface area contributed by atoms with Crippen molar-refractivity contribution in [2.75, 3.05) is 7.11 Å². The van der Waals surface area contributed by atoms with Gasteiger partial charge in [-0.1, -0.05) is 19.6 Å². The molecule has 1 aromatic rings. The van der Waals surface area contributed by atoms with E-state index in [-0.39, 0.29) is 6.10 Å². The Hall–Kier alpha value is -1.24. The van der Waals surface area contributed by atoms with Crippen molar-refractivity contribution >= 4 is 34.8 Å². The number of rotatable bonds is 5. The Morgan fingerprint density at radius 1 is 1.53 bits per heavy atom. The molecule has 0 aliphatic heterocycles. The Labute approximate surface area is 126 Å². The molecule has 1 aromatic carbocycles. The van der Waals surface area contributed by atoms with Crippen LogP contribution >= 0.6 is 22.6 Å². The van der Waals surface area contributed by atoms with Crippen LogP contribution in [0.4, 0.5) is 4.79 Å². The zero-order chi connectivity index (χ0) is 14.4. The van der Waals surface area contributed by atoms with Crippen LogP contribution in [0.25, 0.3) is 6.08 Å². The summed E-state index contributed by atoms with van der Waals surface area (Å²) in [6, 6.07) is 3.60. The number of benzene rings is 1. The molecule has 104 valence electrons. The lowest BCUT2D eigenvalue weighted by molar-refractivity contribution is 0.0633. The quantitative estimate of drug-likeness (QED) is 0.438. The van der Waals surface area contributed by atoms with Gasteiger partial charge in [0, 0.05) is 0 Å². The molecular weight excluding hydrogens is 359 g/mol. The zero-order valence-corrected chi connectivity index (χ0v) is 13.4. The van der Waals surface area contributed by atoms with Gasteiger partial charge < -0.3 is 14.2 Å². The highest BCUT2D eigenvalue weighted by Crippen LogP contribution is 2.34. The van der Waals surface area contributed by atoms with Crippen LogP contribution in [0.2, 0.25) is 0 Å². The standard InChI is InChI=1S/C14H17IO4/c1-5-9(3)18-14(16)19-13-11(15)7-10(6-2)8-12(13)17-4/h6-9H,2,5H2,1,3-4H3. The molecule has 0 heterocycles. The van der Waals surface area contributed by atoms with Crippen LogP contribution in [0.1, 0.15) is 25.8 Å². The minimum atomic E-state index is -0.725. The van der Waals surface area contributed by atoms with Crippen molar-refractivity contribution in [3.05, 3.63) is 27.8 Å². The number of hydrogen-bond donors (Lipinski definition) is 0. The predicted octanol–water partition coefficient (Wildman–Crippen LogP) is 4.26.